The maximum absolute atomic E-state index is 5.91. The lowest BCUT2D eigenvalue weighted by Crippen LogP contribution is -2.34. The smallest absolute Gasteiger partial charge is 0.127 e. The second-order valence-corrected chi connectivity index (χ2v) is 7.23. The Morgan fingerprint density at radius 2 is 1.83 bits per heavy atom. The Morgan fingerprint density at radius 1 is 0.957 bits per heavy atom. The zero-order valence-corrected chi connectivity index (χ0v) is 14.0. The SMILES string of the molecule is C1=C(CN2CCCC(N3CCCC3)CC2)COc2ccccc21. The number of likely N-dealkylation sites (tertiary alicyclic amines) is 2. The zero-order chi connectivity index (χ0) is 15.5. The van der Waals surface area contributed by atoms with Gasteiger partial charge in [-0.3, -0.25) is 4.90 Å². The van der Waals surface area contributed by atoms with Gasteiger partial charge in [-0.05, 0) is 76.0 Å². The van der Waals surface area contributed by atoms with Gasteiger partial charge >= 0.3 is 0 Å². The predicted octanol–water partition coefficient (Wildman–Crippen LogP) is 3.41. The molecule has 0 N–H and O–H groups in total. The Labute approximate surface area is 139 Å². The largest absolute Gasteiger partial charge is 0.489 e. The lowest BCUT2D eigenvalue weighted by atomic mass is 10.1. The summed E-state index contributed by atoms with van der Waals surface area (Å²) in [5.74, 6) is 1.03. The normalized spacial score (nSPS) is 26.3. The molecule has 1 aromatic carbocycles. The molecule has 1 unspecified atom stereocenters. The highest BCUT2D eigenvalue weighted by Crippen LogP contribution is 2.27. The van der Waals surface area contributed by atoms with E-state index in [9.17, 15) is 0 Å². The van der Waals surface area contributed by atoms with Gasteiger partial charge in [0.05, 0.1) is 0 Å². The molecule has 3 heteroatoms. The highest BCUT2D eigenvalue weighted by molar-refractivity contribution is 5.62. The van der Waals surface area contributed by atoms with Gasteiger partial charge in [-0.15, -0.1) is 0 Å². The van der Waals surface area contributed by atoms with E-state index >= 15 is 0 Å². The number of hydrogen-bond donors (Lipinski definition) is 0. The maximum atomic E-state index is 5.91. The molecule has 0 spiro atoms. The van der Waals surface area contributed by atoms with E-state index in [1.54, 1.807) is 0 Å². The number of hydrogen-bond acceptors (Lipinski definition) is 3. The second kappa shape index (κ2) is 7.06. The summed E-state index contributed by atoms with van der Waals surface area (Å²) in [5.41, 5.74) is 2.65. The number of benzene rings is 1. The third kappa shape index (κ3) is 3.61. The summed E-state index contributed by atoms with van der Waals surface area (Å²) in [5, 5.41) is 0. The lowest BCUT2D eigenvalue weighted by molar-refractivity contribution is 0.216. The van der Waals surface area contributed by atoms with Crippen LogP contribution in [0.5, 0.6) is 5.75 Å². The van der Waals surface area contributed by atoms with Crippen molar-refractivity contribution in [1.29, 1.82) is 0 Å². The monoisotopic (exact) mass is 312 g/mol. The maximum Gasteiger partial charge on any atom is 0.127 e. The van der Waals surface area contributed by atoms with Crippen molar-refractivity contribution in [2.45, 2.75) is 38.1 Å². The van der Waals surface area contributed by atoms with Crippen LogP contribution in [0.2, 0.25) is 0 Å². The quantitative estimate of drug-likeness (QED) is 0.850. The molecule has 3 aliphatic rings. The Bertz CT molecular complexity index is 563. The van der Waals surface area contributed by atoms with Gasteiger partial charge in [-0.2, -0.15) is 0 Å². The second-order valence-electron chi connectivity index (χ2n) is 7.23. The number of nitrogens with zero attached hydrogens (tertiary/aromatic N) is 2. The first kappa shape index (κ1) is 15.2. The Balaban J connectivity index is 1.35. The van der Waals surface area contributed by atoms with Crippen molar-refractivity contribution in [1.82, 2.24) is 9.80 Å². The summed E-state index contributed by atoms with van der Waals surface area (Å²) in [6, 6.07) is 9.19. The highest BCUT2D eigenvalue weighted by atomic mass is 16.5. The standard InChI is InChI=1S/C20H28N2O/c1-2-8-20-18(6-1)14-17(16-23-20)15-21-10-5-7-19(9-13-21)22-11-3-4-12-22/h1-2,6,8,14,19H,3-5,7,9-13,15-16H2. The highest BCUT2D eigenvalue weighted by Gasteiger charge is 2.25. The van der Waals surface area contributed by atoms with Gasteiger partial charge in [-0.25, -0.2) is 0 Å². The van der Waals surface area contributed by atoms with E-state index in [1.165, 1.54) is 69.4 Å². The molecule has 124 valence electrons. The molecule has 2 saturated heterocycles. The molecule has 2 fully saturated rings. The topological polar surface area (TPSA) is 15.7 Å². The van der Waals surface area contributed by atoms with Crippen LogP contribution in [0.3, 0.4) is 0 Å². The fourth-order valence-electron chi connectivity index (χ4n) is 4.31. The van der Waals surface area contributed by atoms with E-state index in [4.69, 9.17) is 4.74 Å². The molecule has 3 aliphatic heterocycles. The summed E-state index contributed by atoms with van der Waals surface area (Å²) in [6.45, 7) is 6.97. The molecule has 23 heavy (non-hydrogen) atoms. The Kier molecular flexibility index (Phi) is 4.67. The van der Waals surface area contributed by atoms with Crippen molar-refractivity contribution in [2.24, 2.45) is 0 Å². The summed E-state index contributed by atoms with van der Waals surface area (Å²) in [4.78, 5) is 5.38. The summed E-state index contributed by atoms with van der Waals surface area (Å²) < 4.78 is 5.91. The first-order valence-corrected chi connectivity index (χ1v) is 9.26. The fourth-order valence-corrected chi connectivity index (χ4v) is 4.31. The first-order chi connectivity index (χ1) is 11.4. The van der Waals surface area contributed by atoms with Crippen molar-refractivity contribution < 1.29 is 4.74 Å². The number of para-hydroxylation sites is 1. The van der Waals surface area contributed by atoms with E-state index < -0.39 is 0 Å². The van der Waals surface area contributed by atoms with Crippen molar-refractivity contribution in [3.05, 3.63) is 35.4 Å². The fraction of sp³-hybridized carbons (Fsp3) is 0.600. The minimum Gasteiger partial charge on any atom is -0.489 e. The summed E-state index contributed by atoms with van der Waals surface area (Å²) in [7, 11) is 0. The van der Waals surface area contributed by atoms with Crippen LogP contribution in [0.25, 0.3) is 6.08 Å². The lowest BCUT2D eigenvalue weighted by Gasteiger charge is -2.27. The molecule has 4 rings (SSSR count). The minimum absolute atomic E-state index is 0.753. The van der Waals surface area contributed by atoms with Crippen molar-refractivity contribution in [3.8, 4) is 5.75 Å². The van der Waals surface area contributed by atoms with Crippen molar-refractivity contribution in [3.63, 3.8) is 0 Å². The molecule has 1 atom stereocenters. The van der Waals surface area contributed by atoms with E-state index in [2.05, 4.69) is 34.1 Å². The van der Waals surface area contributed by atoms with Gasteiger partial charge in [-0.1, -0.05) is 18.2 Å². The van der Waals surface area contributed by atoms with Crippen LogP contribution in [0, 0.1) is 0 Å². The van der Waals surface area contributed by atoms with E-state index in [0.717, 1.165) is 24.9 Å². The third-order valence-electron chi connectivity index (χ3n) is 5.57. The van der Waals surface area contributed by atoms with Crippen LogP contribution >= 0.6 is 0 Å². The molecule has 3 nitrogen and oxygen atoms in total. The van der Waals surface area contributed by atoms with E-state index in [0.29, 0.717) is 0 Å². The molecule has 1 aromatic rings. The molecule has 0 aliphatic carbocycles. The van der Waals surface area contributed by atoms with Crippen LogP contribution in [0.15, 0.2) is 29.8 Å². The molecule has 0 bridgehead atoms. The molecule has 3 heterocycles. The third-order valence-corrected chi connectivity index (χ3v) is 5.57. The average Bonchev–Trinajstić information content (AvgIpc) is 3.02. The van der Waals surface area contributed by atoms with E-state index in [1.807, 2.05) is 6.07 Å². The molecular weight excluding hydrogens is 284 g/mol. The van der Waals surface area contributed by atoms with Gasteiger partial charge in [0.1, 0.15) is 12.4 Å². The van der Waals surface area contributed by atoms with Crippen molar-refractivity contribution in [2.75, 3.05) is 39.3 Å². The molecule has 0 saturated carbocycles. The number of rotatable bonds is 3. The van der Waals surface area contributed by atoms with Gasteiger partial charge in [0.25, 0.3) is 0 Å². The molecular formula is C20H28N2O. The summed E-state index contributed by atoms with van der Waals surface area (Å²) in [6.07, 6.45) is 9.21. The van der Waals surface area contributed by atoms with Crippen LogP contribution in [0.1, 0.15) is 37.7 Å². The first-order valence-electron chi connectivity index (χ1n) is 9.26. The predicted molar refractivity (Wildman–Crippen MR) is 94.8 cm³/mol. The molecule has 0 radical (unpaired) electrons. The van der Waals surface area contributed by atoms with Gasteiger partial charge in [0, 0.05) is 18.2 Å². The number of fused-ring (bicyclic) bond motifs is 1. The van der Waals surface area contributed by atoms with Crippen LogP contribution in [-0.2, 0) is 0 Å². The van der Waals surface area contributed by atoms with E-state index in [-0.39, 0.29) is 0 Å². The van der Waals surface area contributed by atoms with Gasteiger partial charge < -0.3 is 9.64 Å². The molecule has 0 aromatic heterocycles. The van der Waals surface area contributed by atoms with Crippen LogP contribution < -0.4 is 4.74 Å². The Morgan fingerprint density at radius 3 is 2.74 bits per heavy atom. The Hall–Kier alpha value is -1.32. The van der Waals surface area contributed by atoms with Gasteiger partial charge in [0.15, 0.2) is 0 Å². The molecule has 0 amide bonds. The zero-order valence-electron chi connectivity index (χ0n) is 14.0. The minimum atomic E-state index is 0.753. The van der Waals surface area contributed by atoms with Gasteiger partial charge in [0.2, 0.25) is 0 Å². The van der Waals surface area contributed by atoms with Crippen LogP contribution in [0.4, 0.5) is 0 Å². The average molecular weight is 312 g/mol. The van der Waals surface area contributed by atoms with Crippen LogP contribution in [-0.4, -0.2) is 55.2 Å². The number of ether oxygens (including phenoxy) is 1. The summed E-state index contributed by atoms with van der Waals surface area (Å²) >= 11 is 0. The van der Waals surface area contributed by atoms with Crippen molar-refractivity contribution >= 4 is 6.08 Å².